The molecule has 130 valence electrons. The molecule has 4 aromatic rings. The zero-order valence-electron chi connectivity index (χ0n) is 13.6. The van der Waals surface area contributed by atoms with Crippen LogP contribution in [0.1, 0.15) is 11.5 Å². The lowest BCUT2D eigenvalue weighted by Gasteiger charge is -2.03. The zero-order valence-corrected chi connectivity index (χ0v) is 14.4. The lowest BCUT2D eigenvalue weighted by Crippen LogP contribution is -2.03. The van der Waals surface area contributed by atoms with Crippen molar-refractivity contribution in [2.45, 2.75) is 17.5 Å². The van der Waals surface area contributed by atoms with E-state index in [1.807, 2.05) is 30.3 Å². The zero-order chi connectivity index (χ0) is 17.8. The predicted octanol–water partition coefficient (Wildman–Crippen LogP) is 3.81. The number of tetrazole rings is 1. The van der Waals surface area contributed by atoms with E-state index < -0.39 is 0 Å². The van der Waals surface area contributed by atoms with E-state index in [-0.39, 0.29) is 5.82 Å². The highest BCUT2D eigenvalue weighted by molar-refractivity contribution is 7.98. The van der Waals surface area contributed by atoms with Gasteiger partial charge in [0.2, 0.25) is 11.0 Å². The normalized spacial score (nSPS) is 11.0. The number of halogens is 1. The van der Waals surface area contributed by atoms with Crippen molar-refractivity contribution in [3.8, 4) is 11.3 Å². The summed E-state index contributed by atoms with van der Waals surface area (Å²) >= 11 is 1.45. The monoisotopic (exact) mass is 367 g/mol. The number of thioether (sulfide) groups is 1. The molecule has 0 aliphatic carbocycles. The molecular weight excluding hydrogens is 353 g/mol. The number of rotatable bonds is 6. The molecule has 0 bridgehead atoms. The van der Waals surface area contributed by atoms with E-state index in [1.54, 1.807) is 23.0 Å². The van der Waals surface area contributed by atoms with Crippen molar-refractivity contribution in [1.29, 1.82) is 0 Å². The summed E-state index contributed by atoms with van der Waals surface area (Å²) in [7, 11) is 0. The van der Waals surface area contributed by atoms with E-state index in [4.69, 9.17) is 4.42 Å². The van der Waals surface area contributed by atoms with Gasteiger partial charge in [0.25, 0.3) is 0 Å². The van der Waals surface area contributed by atoms with Crippen LogP contribution in [0.4, 0.5) is 4.39 Å². The Kier molecular flexibility index (Phi) is 4.74. The van der Waals surface area contributed by atoms with E-state index in [2.05, 4.69) is 20.5 Å². The molecular formula is C18H14FN5OS. The number of aromatic nitrogens is 5. The second-order valence-corrected chi connectivity index (χ2v) is 6.46. The summed E-state index contributed by atoms with van der Waals surface area (Å²) < 4.78 is 20.5. The minimum atomic E-state index is -0.283. The molecule has 0 saturated heterocycles. The van der Waals surface area contributed by atoms with Crippen LogP contribution in [0.3, 0.4) is 0 Å². The summed E-state index contributed by atoms with van der Waals surface area (Å²) in [6, 6.07) is 16.1. The molecule has 2 aromatic carbocycles. The van der Waals surface area contributed by atoms with Crippen molar-refractivity contribution in [3.63, 3.8) is 0 Å². The molecule has 2 aromatic heterocycles. The van der Waals surface area contributed by atoms with Crippen molar-refractivity contribution in [2.75, 3.05) is 0 Å². The highest BCUT2D eigenvalue weighted by Gasteiger charge is 2.11. The number of benzene rings is 2. The van der Waals surface area contributed by atoms with Crippen LogP contribution in [0.2, 0.25) is 0 Å². The SMILES string of the molecule is Fc1ccc(-c2cnc(CSc3nnnn3Cc3ccccc3)o2)cc1. The highest BCUT2D eigenvalue weighted by Crippen LogP contribution is 2.25. The van der Waals surface area contributed by atoms with Crippen LogP contribution in [0.15, 0.2) is 70.4 Å². The fraction of sp³-hybridized carbons (Fsp3) is 0.111. The first-order valence-corrected chi connectivity index (χ1v) is 8.90. The van der Waals surface area contributed by atoms with E-state index in [0.717, 1.165) is 11.1 Å². The molecule has 0 spiro atoms. The molecule has 6 nitrogen and oxygen atoms in total. The van der Waals surface area contributed by atoms with Crippen LogP contribution in [0, 0.1) is 5.82 Å². The fourth-order valence-corrected chi connectivity index (χ4v) is 3.14. The summed E-state index contributed by atoms with van der Waals surface area (Å²) in [5.74, 6) is 1.37. The first kappa shape index (κ1) is 16.5. The van der Waals surface area contributed by atoms with Gasteiger partial charge < -0.3 is 4.42 Å². The maximum atomic E-state index is 13.0. The Bertz CT molecular complexity index is 984. The Balaban J connectivity index is 1.42. The molecule has 0 atom stereocenters. The van der Waals surface area contributed by atoms with E-state index in [0.29, 0.717) is 29.1 Å². The summed E-state index contributed by atoms with van der Waals surface area (Å²) in [6.07, 6.45) is 1.63. The molecule has 0 aliphatic rings. The molecule has 26 heavy (non-hydrogen) atoms. The average molecular weight is 367 g/mol. The van der Waals surface area contributed by atoms with Gasteiger partial charge in [-0.25, -0.2) is 14.1 Å². The van der Waals surface area contributed by atoms with Gasteiger partial charge in [-0.05, 0) is 40.3 Å². The van der Waals surface area contributed by atoms with E-state index in [1.165, 1.54) is 23.9 Å². The molecule has 0 aliphatic heterocycles. The van der Waals surface area contributed by atoms with Crippen LogP contribution < -0.4 is 0 Å². The second kappa shape index (κ2) is 7.49. The summed E-state index contributed by atoms with van der Waals surface area (Å²) in [5.41, 5.74) is 1.90. The van der Waals surface area contributed by atoms with Gasteiger partial charge in [-0.3, -0.25) is 0 Å². The molecule has 0 fully saturated rings. The quantitative estimate of drug-likeness (QED) is 0.483. The Morgan fingerprint density at radius 1 is 1.04 bits per heavy atom. The van der Waals surface area contributed by atoms with Crippen molar-refractivity contribution >= 4 is 11.8 Å². The van der Waals surface area contributed by atoms with Crippen LogP contribution >= 0.6 is 11.8 Å². The molecule has 2 heterocycles. The van der Waals surface area contributed by atoms with Crippen LogP contribution in [0.25, 0.3) is 11.3 Å². The number of hydrogen-bond acceptors (Lipinski definition) is 6. The molecule has 0 amide bonds. The van der Waals surface area contributed by atoms with Crippen molar-refractivity contribution < 1.29 is 8.81 Å². The standard InChI is InChI=1S/C18H14FN5OS/c19-15-8-6-14(7-9-15)16-10-20-17(25-16)12-26-18-21-22-23-24(18)11-13-4-2-1-3-5-13/h1-10H,11-12H2. The smallest absolute Gasteiger partial charge is 0.210 e. The largest absolute Gasteiger partial charge is 0.440 e. The van der Waals surface area contributed by atoms with Gasteiger partial charge in [0, 0.05) is 5.56 Å². The number of nitrogens with zero attached hydrogens (tertiary/aromatic N) is 5. The fourth-order valence-electron chi connectivity index (χ4n) is 2.41. The first-order valence-electron chi connectivity index (χ1n) is 7.91. The first-order chi connectivity index (χ1) is 12.8. The molecule has 0 unspecified atom stereocenters. The minimum Gasteiger partial charge on any atom is -0.440 e. The Morgan fingerprint density at radius 3 is 2.65 bits per heavy atom. The molecule has 8 heteroatoms. The van der Waals surface area contributed by atoms with Gasteiger partial charge in [0.05, 0.1) is 18.5 Å². The van der Waals surface area contributed by atoms with Gasteiger partial charge >= 0.3 is 0 Å². The lowest BCUT2D eigenvalue weighted by atomic mass is 10.2. The van der Waals surface area contributed by atoms with Gasteiger partial charge in [0.1, 0.15) is 5.82 Å². The molecule has 4 rings (SSSR count). The van der Waals surface area contributed by atoms with Crippen molar-refractivity contribution in [3.05, 3.63) is 78.1 Å². The summed E-state index contributed by atoms with van der Waals surface area (Å²) in [6.45, 7) is 0.600. The molecule has 0 saturated carbocycles. The van der Waals surface area contributed by atoms with Crippen LogP contribution in [-0.4, -0.2) is 25.2 Å². The number of hydrogen-bond donors (Lipinski definition) is 0. The van der Waals surface area contributed by atoms with Crippen molar-refractivity contribution in [2.24, 2.45) is 0 Å². The predicted molar refractivity (Wildman–Crippen MR) is 94.8 cm³/mol. The third kappa shape index (κ3) is 3.80. The summed E-state index contributed by atoms with van der Waals surface area (Å²) in [5, 5.41) is 12.5. The third-order valence-electron chi connectivity index (χ3n) is 3.68. The Morgan fingerprint density at radius 2 is 1.85 bits per heavy atom. The minimum absolute atomic E-state index is 0.283. The van der Waals surface area contributed by atoms with E-state index >= 15 is 0 Å². The highest BCUT2D eigenvalue weighted by atomic mass is 32.2. The second-order valence-electron chi connectivity index (χ2n) is 5.52. The number of oxazole rings is 1. The topological polar surface area (TPSA) is 69.6 Å². The van der Waals surface area contributed by atoms with Crippen LogP contribution in [-0.2, 0) is 12.3 Å². The average Bonchev–Trinajstić information content (AvgIpc) is 3.31. The molecule has 0 N–H and O–H groups in total. The Labute approximate surface area is 153 Å². The van der Waals surface area contributed by atoms with Crippen molar-refractivity contribution in [1.82, 2.24) is 25.2 Å². The summed E-state index contributed by atoms with van der Waals surface area (Å²) in [4.78, 5) is 4.27. The maximum absolute atomic E-state index is 13.0. The third-order valence-corrected chi connectivity index (χ3v) is 4.62. The molecule has 0 radical (unpaired) electrons. The van der Waals surface area contributed by atoms with E-state index in [9.17, 15) is 4.39 Å². The van der Waals surface area contributed by atoms with Gasteiger partial charge in [-0.2, -0.15) is 0 Å². The van der Waals surface area contributed by atoms with Gasteiger partial charge in [-0.1, -0.05) is 42.1 Å². The van der Waals surface area contributed by atoms with Gasteiger partial charge in [-0.15, -0.1) is 5.10 Å². The van der Waals surface area contributed by atoms with Crippen LogP contribution in [0.5, 0.6) is 0 Å². The van der Waals surface area contributed by atoms with Gasteiger partial charge in [0.15, 0.2) is 5.76 Å². The lowest BCUT2D eigenvalue weighted by molar-refractivity contribution is 0.529. The maximum Gasteiger partial charge on any atom is 0.210 e. The Hall–Kier alpha value is -3.00.